The topological polar surface area (TPSA) is 59.3 Å². The number of para-hydroxylation sites is 1. The first-order chi connectivity index (χ1) is 13.0. The fraction of sp³-hybridized carbons (Fsp3) is 0.238. The van der Waals surface area contributed by atoms with Crippen LogP contribution in [-0.4, -0.2) is 35.9 Å². The molecule has 0 fully saturated rings. The lowest BCUT2D eigenvalue weighted by atomic mass is 9.85. The summed E-state index contributed by atoms with van der Waals surface area (Å²) in [6.07, 6.45) is 9.27. The van der Waals surface area contributed by atoms with Crippen molar-refractivity contribution in [3.63, 3.8) is 0 Å². The fourth-order valence-electron chi connectivity index (χ4n) is 3.52. The third-order valence-corrected chi connectivity index (χ3v) is 6.76. The smallest absolute Gasteiger partial charge is 0.364 e. The number of sulfonamides is 1. The largest absolute Gasteiger partial charge is 0.439 e. The zero-order valence-corrected chi connectivity index (χ0v) is 15.9. The summed E-state index contributed by atoms with van der Waals surface area (Å²) in [6.45, 7) is 0. The Labute approximate surface area is 159 Å². The van der Waals surface area contributed by atoms with Crippen molar-refractivity contribution in [1.29, 1.82) is 0 Å². The SMILES string of the molecule is C[N+]1=C2C(c3ccc(Oc4ccccc4)nc3)=CC=CC2CCCS1(=O)=O. The van der Waals surface area contributed by atoms with Gasteiger partial charge in [-0.3, -0.25) is 0 Å². The lowest BCUT2D eigenvalue weighted by molar-refractivity contribution is -0.327. The van der Waals surface area contributed by atoms with E-state index in [0.29, 0.717) is 12.3 Å². The van der Waals surface area contributed by atoms with Gasteiger partial charge in [0.25, 0.3) is 0 Å². The quantitative estimate of drug-likeness (QED) is 0.762. The van der Waals surface area contributed by atoms with Gasteiger partial charge in [-0.15, -0.1) is 3.98 Å². The summed E-state index contributed by atoms with van der Waals surface area (Å²) >= 11 is 0. The average molecular weight is 381 g/mol. The fourth-order valence-corrected chi connectivity index (χ4v) is 4.86. The summed E-state index contributed by atoms with van der Waals surface area (Å²) in [7, 11) is -1.63. The predicted octanol–water partition coefficient (Wildman–Crippen LogP) is 3.65. The van der Waals surface area contributed by atoms with Crippen LogP contribution in [0.5, 0.6) is 11.6 Å². The van der Waals surface area contributed by atoms with Gasteiger partial charge in [0.15, 0.2) is 7.05 Å². The summed E-state index contributed by atoms with van der Waals surface area (Å²) in [5, 5.41) is 0. The normalized spacial score (nSPS) is 21.2. The molecule has 0 bridgehead atoms. The van der Waals surface area contributed by atoms with Crippen LogP contribution in [0.15, 0.2) is 66.9 Å². The molecule has 0 spiro atoms. The molecule has 0 amide bonds. The number of nitrogens with zero attached hydrogens (tertiary/aromatic N) is 2. The van der Waals surface area contributed by atoms with E-state index in [4.69, 9.17) is 4.74 Å². The van der Waals surface area contributed by atoms with Crippen LogP contribution < -0.4 is 4.74 Å². The molecule has 2 aromatic rings. The molecule has 0 saturated carbocycles. The number of rotatable bonds is 3. The van der Waals surface area contributed by atoms with E-state index in [2.05, 4.69) is 11.1 Å². The molecule has 0 saturated heterocycles. The molecule has 0 radical (unpaired) electrons. The van der Waals surface area contributed by atoms with Crippen molar-refractivity contribution in [3.05, 3.63) is 72.5 Å². The highest BCUT2D eigenvalue weighted by molar-refractivity contribution is 7.85. The second-order valence-corrected chi connectivity index (χ2v) is 8.80. The third kappa shape index (κ3) is 3.57. The summed E-state index contributed by atoms with van der Waals surface area (Å²) < 4.78 is 32.2. The molecule has 4 rings (SSSR count). The Bertz CT molecular complexity index is 1040. The van der Waals surface area contributed by atoms with Crippen molar-refractivity contribution < 1.29 is 17.1 Å². The number of hydrogen-bond donors (Lipinski definition) is 0. The first-order valence-electron chi connectivity index (χ1n) is 8.96. The standard InChI is InChI=1S/C21H21N2O3S/c1-23-21-16(8-6-14-27(23,24)25)7-5-11-19(21)17-12-13-20(22-15-17)26-18-9-3-2-4-10-18/h2-5,7,9-13,15-16H,6,8,14H2,1H3/q+1. The number of fused-ring (bicyclic) bond motifs is 1. The van der Waals surface area contributed by atoms with Gasteiger partial charge in [-0.05, 0) is 37.1 Å². The number of aromatic nitrogens is 1. The van der Waals surface area contributed by atoms with Crippen LogP contribution in [0.4, 0.5) is 0 Å². The van der Waals surface area contributed by atoms with Crippen LogP contribution in [0.1, 0.15) is 18.4 Å². The molecular formula is C21H21N2O3S+. The second kappa shape index (κ2) is 7.12. The van der Waals surface area contributed by atoms with Crippen molar-refractivity contribution in [3.8, 4) is 11.6 Å². The lowest BCUT2D eigenvalue weighted by Crippen LogP contribution is -2.29. The maximum absolute atomic E-state index is 12.5. The molecule has 1 aromatic heterocycles. The summed E-state index contributed by atoms with van der Waals surface area (Å²) in [5.74, 6) is 1.52. The summed E-state index contributed by atoms with van der Waals surface area (Å²) in [5.41, 5.74) is 2.60. The molecule has 1 unspecified atom stereocenters. The Morgan fingerprint density at radius 1 is 1.15 bits per heavy atom. The average Bonchev–Trinajstić information content (AvgIpc) is 2.79. The van der Waals surface area contributed by atoms with Gasteiger partial charge in [-0.1, -0.05) is 30.4 Å². The van der Waals surface area contributed by atoms with E-state index < -0.39 is 10.0 Å². The molecule has 1 aromatic carbocycles. The lowest BCUT2D eigenvalue weighted by Gasteiger charge is -2.17. The number of allylic oxidation sites excluding steroid dienone is 4. The van der Waals surface area contributed by atoms with Crippen LogP contribution in [0, 0.1) is 5.92 Å². The van der Waals surface area contributed by atoms with Gasteiger partial charge in [0, 0.05) is 17.8 Å². The number of ether oxygens (including phenoxy) is 1. The predicted molar refractivity (Wildman–Crippen MR) is 106 cm³/mol. The molecule has 1 atom stereocenters. The second-order valence-electron chi connectivity index (χ2n) is 6.68. The van der Waals surface area contributed by atoms with E-state index in [1.54, 1.807) is 13.2 Å². The van der Waals surface area contributed by atoms with Crippen LogP contribution >= 0.6 is 0 Å². The maximum Gasteiger partial charge on any atom is 0.364 e. The van der Waals surface area contributed by atoms with Crippen molar-refractivity contribution in [2.75, 3.05) is 12.8 Å². The van der Waals surface area contributed by atoms with E-state index in [-0.39, 0.29) is 11.7 Å². The first kappa shape index (κ1) is 17.7. The maximum atomic E-state index is 12.5. The van der Waals surface area contributed by atoms with Gasteiger partial charge in [0.05, 0.1) is 11.5 Å². The Morgan fingerprint density at radius 2 is 1.96 bits per heavy atom. The van der Waals surface area contributed by atoms with E-state index in [1.807, 2.05) is 54.6 Å². The molecule has 1 aliphatic carbocycles. The molecule has 5 nitrogen and oxygen atoms in total. The summed E-state index contributed by atoms with van der Waals surface area (Å²) in [4.78, 5) is 4.40. The minimum absolute atomic E-state index is 0.104. The van der Waals surface area contributed by atoms with Crippen molar-refractivity contribution >= 4 is 21.3 Å². The first-order valence-corrected chi connectivity index (χ1v) is 10.6. The van der Waals surface area contributed by atoms with Crippen molar-refractivity contribution in [1.82, 2.24) is 4.98 Å². The van der Waals surface area contributed by atoms with E-state index >= 15 is 0 Å². The Balaban J connectivity index is 1.68. The highest BCUT2D eigenvalue weighted by Crippen LogP contribution is 2.31. The van der Waals surface area contributed by atoms with Gasteiger partial charge in [-0.25, -0.2) is 4.98 Å². The van der Waals surface area contributed by atoms with Gasteiger partial charge in [-0.2, -0.15) is 8.42 Å². The van der Waals surface area contributed by atoms with Crippen molar-refractivity contribution in [2.45, 2.75) is 12.8 Å². The Hall–Kier alpha value is -2.73. The van der Waals surface area contributed by atoms with E-state index in [9.17, 15) is 8.42 Å². The number of benzene rings is 1. The van der Waals surface area contributed by atoms with E-state index in [0.717, 1.165) is 29.0 Å². The van der Waals surface area contributed by atoms with Gasteiger partial charge in [0.2, 0.25) is 11.6 Å². The molecule has 2 heterocycles. The van der Waals surface area contributed by atoms with Crippen LogP contribution in [0.25, 0.3) is 5.57 Å². The monoisotopic (exact) mass is 381 g/mol. The summed E-state index contributed by atoms with van der Waals surface area (Å²) in [6, 6.07) is 13.2. The molecule has 2 aliphatic rings. The zero-order valence-electron chi connectivity index (χ0n) is 15.1. The Kier molecular flexibility index (Phi) is 4.66. The molecule has 6 heteroatoms. The van der Waals surface area contributed by atoms with Gasteiger partial charge in [0.1, 0.15) is 11.5 Å². The molecule has 1 aliphatic heterocycles. The van der Waals surface area contributed by atoms with Gasteiger partial charge < -0.3 is 4.74 Å². The molecule has 27 heavy (non-hydrogen) atoms. The zero-order chi connectivity index (χ0) is 18.9. The van der Waals surface area contributed by atoms with Gasteiger partial charge >= 0.3 is 10.0 Å². The van der Waals surface area contributed by atoms with Crippen LogP contribution in [0.2, 0.25) is 0 Å². The minimum atomic E-state index is -3.28. The van der Waals surface area contributed by atoms with E-state index in [1.165, 1.54) is 3.98 Å². The minimum Gasteiger partial charge on any atom is -0.439 e. The van der Waals surface area contributed by atoms with Crippen LogP contribution in [-0.2, 0) is 10.0 Å². The highest BCUT2D eigenvalue weighted by atomic mass is 32.2. The van der Waals surface area contributed by atoms with Crippen molar-refractivity contribution in [2.24, 2.45) is 5.92 Å². The number of hydrogen-bond acceptors (Lipinski definition) is 4. The molecule has 138 valence electrons. The molecular weight excluding hydrogens is 360 g/mol. The molecule has 0 N–H and O–H groups in total. The third-order valence-electron chi connectivity index (χ3n) is 4.92. The number of pyridine rings is 1. The van der Waals surface area contributed by atoms with Crippen LogP contribution in [0.3, 0.4) is 0 Å². The Morgan fingerprint density at radius 3 is 2.70 bits per heavy atom. The highest BCUT2D eigenvalue weighted by Gasteiger charge is 2.37.